The fourth-order valence-electron chi connectivity index (χ4n) is 3.63. The average molecular weight is 381 g/mol. The van der Waals surface area contributed by atoms with E-state index in [-0.39, 0.29) is 0 Å². The molecule has 28 heavy (non-hydrogen) atoms. The van der Waals surface area contributed by atoms with Crippen LogP contribution in [0.3, 0.4) is 0 Å². The summed E-state index contributed by atoms with van der Waals surface area (Å²) in [5.41, 5.74) is 7.64. The first kappa shape index (κ1) is 18.8. The maximum atomic E-state index is 5.93. The van der Waals surface area contributed by atoms with Crippen molar-refractivity contribution in [3.05, 3.63) is 48.0 Å². The van der Waals surface area contributed by atoms with E-state index in [1.807, 2.05) is 24.3 Å². The highest BCUT2D eigenvalue weighted by molar-refractivity contribution is 5.87. The van der Waals surface area contributed by atoms with Crippen molar-refractivity contribution in [1.82, 2.24) is 10.1 Å². The third-order valence-corrected chi connectivity index (χ3v) is 5.34. The molecule has 2 heterocycles. The summed E-state index contributed by atoms with van der Waals surface area (Å²) in [6.45, 7) is 3.90. The van der Waals surface area contributed by atoms with Crippen LogP contribution < -0.4 is 10.5 Å². The number of hydrogen-bond acceptors (Lipinski definition) is 6. The van der Waals surface area contributed by atoms with Gasteiger partial charge in [-0.05, 0) is 68.6 Å². The van der Waals surface area contributed by atoms with Crippen LogP contribution in [0.5, 0.6) is 11.5 Å². The quantitative estimate of drug-likeness (QED) is 0.652. The van der Waals surface area contributed by atoms with Crippen molar-refractivity contribution < 1.29 is 14.0 Å². The minimum absolute atomic E-state index is 0.395. The average Bonchev–Trinajstić information content (AvgIpc) is 3.09. The molecule has 1 aromatic heterocycles. The molecule has 0 unspecified atom stereocenters. The second-order valence-electron chi connectivity index (χ2n) is 7.55. The van der Waals surface area contributed by atoms with E-state index in [0.29, 0.717) is 17.2 Å². The maximum Gasteiger partial charge on any atom is 0.174 e. The van der Waals surface area contributed by atoms with Crippen molar-refractivity contribution in [2.75, 3.05) is 32.5 Å². The number of ether oxygens (including phenoxy) is 2. The Morgan fingerprint density at radius 2 is 1.86 bits per heavy atom. The Labute approximate surface area is 165 Å². The Kier molecular flexibility index (Phi) is 5.78. The first-order valence-electron chi connectivity index (χ1n) is 9.85. The number of fused-ring (bicyclic) bond motifs is 1. The molecule has 1 saturated heterocycles. The van der Waals surface area contributed by atoms with Crippen LogP contribution in [0.1, 0.15) is 24.8 Å². The van der Waals surface area contributed by atoms with E-state index in [0.717, 1.165) is 43.4 Å². The lowest BCUT2D eigenvalue weighted by molar-refractivity contribution is 0.0608. The van der Waals surface area contributed by atoms with E-state index >= 15 is 0 Å². The minimum atomic E-state index is 0.395. The van der Waals surface area contributed by atoms with E-state index in [4.69, 9.17) is 19.7 Å². The van der Waals surface area contributed by atoms with Gasteiger partial charge in [0.2, 0.25) is 0 Å². The van der Waals surface area contributed by atoms with Gasteiger partial charge in [0.15, 0.2) is 11.4 Å². The largest absolute Gasteiger partial charge is 0.457 e. The number of nitrogen functional groups attached to an aromatic ring is 1. The normalized spacial score (nSPS) is 15.4. The number of benzene rings is 2. The van der Waals surface area contributed by atoms with E-state index in [1.54, 1.807) is 6.07 Å². The van der Waals surface area contributed by atoms with Crippen molar-refractivity contribution in [3.63, 3.8) is 0 Å². The second-order valence-corrected chi connectivity index (χ2v) is 7.55. The lowest BCUT2D eigenvalue weighted by Crippen LogP contribution is -2.24. The fraction of sp³-hybridized carbons (Fsp3) is 0.409. The predicted octanol–water partition coefficient (Wildman–Crippen LogP) is 4.45. The molecule has 1 fully saturated rings. The molecule has 0 saturated carbocycles. The van der Waals surface area contributed by atoms with Gasteiger partial charge in [-0.2, -0.15) is 0 Å². The molecule has 2 N–H and O–H groups in total. The Balaban J connectivity index is 1.30. The van der Waals surface area contributed by atoms with E-state index in [2.05, 4.69) is 29.2 Å². The van der Waals surface area contributed by atoms with Gasteiger partial charge in [0.1, 0.15) is 11.5 Å². The third kappa shape index (κ3) is 4.64. The number of anilines is 1. The van der Waals surface area contributed by atoms with Crippen LogP contribution in [0, 0.1) is 5.92 Å². The van der Waals surface area contributed by atoms with Crippen molar-refractivity contribution in [1.29, 1.82) is 0 Å². The van der Waals surface area contributed by atoms with Crippen molar-refractivity contribution >= 4 is 16.8 Å². The number of hydrogen-bond donors (Lipinski definition) is 1. The molecular formula is C22H27N3O3. The van der Waals surface area contributed by atoms with Gasteiger partial charge in [0.05, 0.1) is 5.39 Å². The summed E-state index contributed by atoms with van der Waals surface area (Å²) in [6, 6.07) is 13.8. The summed E-state index contributed by atoms with van der Waals surface area (Å²) in [5, 5.41) is 4.56. The zero-order valence-corrected chi connectivity index (χ0v) is 16.3. The van der Waals surface area contributed by atoms with Gasteiger partial charge < -0.3 is 24.6 Å². The molecular weight excluding hydrogens is 354 g/mol. The molecule has 1 aliphatic rings. The van der Waals surface area contributed by atoms with Crippen molar-refractivity contribution in [2.45, 2.75) is 25.8 Å². The van der Waals surface area contributed by atoms with E-state index in [1.165, 1.54) is 24.8 Å². The summed E-state index contributed by atoms with van der Waals surface area (Å²) < 4.78 is 16.6. The highest BCUT2D eigenvalue weighted by Gasteiger charge is 2.14. The third-order valence-electron chi connectivity index (χ3n) is 5.34. The lowest BCUT2D eigenvalue weighted by atomic mass is 9.96. The van der Waals surface area contributed by atoms with Crippen LogP contribution in [-0.4, -0.2) is 36.9 Å². The summed E-state index contributed by atoms with van der Waals surface area (Å²) in [7, 11) is 2.18. The second kappa shape index (κ2) is 8.63. The molecule has 148 valence electrons. The monoisotopic (exact) mass is 381 g/mol. The fourth-order valence-corrected chi connectivity index (χ4v) is 3.63. The molecule has 6 heteroatoms. The minimum Gasteiger partial charge on any atom is -0.457 e. The Bertz CT molecular complexity index is 901. The lowest BCUT2D eigenvalue weighted by Gasteiger charge is -2.24. The van der Waals surface area contributed by atoms with Gasteiger partial charge in [0.25, 0.3) is 0 Å². The summed E-state index contributed by atoms with van der Waals surface area (Å²) in [5.74, 6) is 2.70. The molecule has 1 aliphatic heterocycles. The Morgan fingerprint density at radius 1 is 1.11 bits per heavy atom. The molecule has 0 radical (unpaired) electrons. The number of aromatic nitrogens is 1. The maximum absolute atomic E-state index is 5.93. The van der Waals surface area contributed by atoms with Crippen LogP contribution >= 0.6 is 0 Å². The summed E-state index contributed by atoms with van der Waals surface area (Å²) >= 11 is 0. The van der Waals surface area contributed by atoms with Gasteiger partial charge in [-0.3, -0.25) is 0 Å². The molecule has 0 amide bonds. The van der Waals surface area contributed by atoms with Crippen LogP contribution in [0.15, 0.2) is 47.0 Å². The smallest absolute Gasteiger partial charge is 0.174 e. The molecule has 4 rings (SSSR count). The topological polar surface area (TPSA) is 73.8 Å². The summed E-state index contributed by atoms with van der Waals surface area (Å²) in [4.78, 5) is 2.38. The van der Waals surface area contributed by atoms with Gasteiger partial charge in [0, 0.05) is 25.8 Å². The molecule has 3 aromatic rings. The predicted molar refractivity (Wildman–Crippen MR) is 109 cm³/mol. The standard InChI is InChI=1S/C22H27N3O3/c1-25(11-8-16-9-12-26-13-10-16)15-17-2-4-18(5-3-17)27-19-6-7-20-21(14-19)28-24-22(20)23/h2-7,14,16H,8-13,15H2,1H3,(H2,23,24). The molecule has 0 atom stereocenters. The van der Waals surface area contributed by atoms with E-state index in [9.17, 15) is 0 Å². The first-order chi connectivity index (χ1) is 13.7. The van der Waals surface area contributed by atoms with Gasteiger partial charge in [-0.1, -0.05) is 17.3 Å². The van der Waals surface area contributed by atoms with Crippen molar-refractivity contribution in [3.8, 4) is 11.5 Å². The highest BCUT2D eigenvalue weighted by Crippen LogP contribution is 2.28. The molecule has 2 aromatic carbocycles. The SMILES string of the molecule is CN(CCC1CCOCC1)Cc1ccc(Oc2ccc3c(N)noc3c2)cc1. The zero-order chi connectivity index (χ0) is 19.3. The Morgan fingerprint density at radius 3 is 2.64 bits per heavy atom. The number of nitrogens with two attached hydrogens (primary N) is 1. The molecule has 0 aliphatic carbocycles. The zero-order valence-electron chi connectivity index (χ0n) is 16.3. The summed E-state index contributed by atoms with van der Waals surface area (Å²) in [6.07, 6.45) is 3.65. The van der Waals surface area contributed by atoms with Crippen LogP contribution in [0.4, 0.5) is 5.82 Å². The highest BCUT2D eigenvalue weighted by atomic mass is 16.5. The van der Waals surface area contributed by atoms with Crippen LogP contribution in [0.25, 0.3) is 11.0 Å². The first-order valence-corrected chi connectivity index (χ1v) is 9.85. The number of rotatable bonds is 7. The van der Waals surface area contributed by atoms with Gasteiger partial charge >= 0.3 is 0 Å². The van der Waals surface area contributed by atoms with E-state index < -0.39 is 0 Å². The molecule has 6 nitrogen and oxygen atoms in total. The van der Waals surface area contributed by atoms with Gasteiger partial charge in [-0.15, -0.1) is 0 Å². The van der Waals surface area contributed by atoms with Gasteiger partial charge in [-0.25, -0.2) is 0 Å². The van der Waals surface area contributed by atoms with Crippen LogP contribution in [0.2, 0.25) is 0 Å². The Hall–Kier alpha value is -2.57. The molecule has 0 bridgehead atoms. The van der Waals surface area contributed by atoms with Crippen LogP contribution in [-0.2, 0) is 11.3 Å². The molecule has 0 spiro atoms. The number of nitrogens with zero attached hydrogens (tertiary/aromatic N) is 2. The van der Waals surface area contributed by atoms with Crippen molar-refractivity contribution in [2.24, 2.45) is 5.92 Å².